The second-order valence-corrected chi connectivity index (χ2v) is 3.68. The average molecular weight is 267 g/mol. The van der Waals surface area contributed by atoms with Crippen molar-refractivity contribution < 1.29 is 5.11 Å². The van der Waals surface area contributed by atoms with Crippen molar-refractivity contribution in [1.29, 1.82) is 0 Å². The van der Waals surface area contributed by atoms with E-state index in [1.165, 1.54) is 23.7 Å². The van der Waals surface area contributed by atoms with Crippen LogP contribution in [0.15, 0.2) is 40.4 Å². The third-order valence-electron chi connectivity index (χ3n) is 1.71. The summed E-state index contributed by atoms with van der Waals surface area (Å²) in [6.07, 6.45) is 4.36. The lowest BCUT2D eigenvalue weighted by atomic mass is 10.2. The lowest BCUT2D eigenvalue weighted by molar-refractivity contribution is 0.474. The van der Waals surface area contributed by atoms with Crippen molar-refractivity contribution in [3.05, 3.63) is 40.9 Å². The van der Waals surface area contributed by atoms with Crippen molar-refractivity contribution in [1.82, 2.24) is 14.9 Å². The molecular formula is C9H7BrN4O. The second kappa shape index (κ2) is 4.22. The van der Waals surface area contributed by atoms with Crippen molar-refractivity contribution in [2.24, 2.45) is 5.10 Å². The molecule has 0 bridgehead atoms. The van der Waals surface area contributed by atoms with E-state index < -0.39 is 0 Å². The van der Waals surface area contributed by atoms with Crippen molar-refractivity contribution >= 4 is 22.1 Å². The van der Waals surface area contributed by atoms with Crippen LogP contribution in [-0.4, -0.2) is 26.2 Å². The van der Waals surface area contributed by atoms with Gasteiger partial charge < -0.3 is 5.11 Å². The molecular weight excluding hydrogens is 260 g/mol. The Bertz CT molecular complexity index is 481. The normalized spacial score (nSPS) is 11.0. The Balaban J connectivity index is 2.27. The summed E-state index contributed by atoms with van der Waals surface area (Å²) in [5.41, 5.74) is 0.611. The Hall–Kier alpha value is -1.69. The summed E-state index contributed by atoms with van der Waals surface area (Å²) < 4.78 is 0.875. The van der Waals surface area contributed by atoms with E-state index >= 15 is 0 Å². The monoisotopic (exact) mass is 266 g/mol. The van der Waals surface area contributed by atoms with Crippen LogP contribution < -0.4 is 0 Å². The van der Waals surface area contributed by atoms with Crippen LogP contribution in [0.4, 0.5) is 0 Å². The largest absolute Gasteiger partial charge is 0.507 e. The van der Waals surface area contributed by atoms with E-state index in [4.69, 9.17) is 0 Å². The number of aromatic nitrogens is 3. The fourth-order valence-corrected chi connectivity index (χ4v) is 1.39. The van der Waals surface area contributed by atoms with Crippen molar-refractivity contribution in [3.63, 3.8) is 0 Å². The van der Waals surface area contributed by atoms with Crippen LogP contribution in [0.1, 0.15) is 5.56 Å². The maximum Gasteiger partial charge on any atom is 0.139 e. The Morgan fingerprint density at radius 2 is 2.33 bits per heavy atom. The number of hydrogen-bond acceptors (Lipinski definition) is 4. The molecule has 0 saturated heterocycles. The smallest absolute Gasteiger partial charge is 0.139 e. The number of phenolic OH excluding ortho intramolecular Hbond substituents is 1. The van der Waals surface area contributed by atoms with Gasteiger partial charge in [0.15, 0.2) is 0 Å². The molecule has 0 fully saturated rings. The summed E-state index contributed by atoms with van der Waals surface area (Å²) in [6, 6.07) is 5.10. The van der Waals surface area contributed by atoms with E-state index in [1.54, 1.807) is 18.2 Å². The molecule has 15 heavy (non-hydrogen) atoms. The third-order valence-corrected chi connectivity index (χ3v) is 2.20. The summed E-state index contributed by atoms with van der Waals surface area (Å²) in [4.78, 5) is 5.05. The van der Waals surface area contributed by atoms with E-state index in [9.17, 15) is 5.11 Å². The zero-order chi connectivity index (χ0) is 10.7. The van der Waals surface area contributed by atoms with Gasteiger partial charge in [-0.15, -0.1) is 9.89 Å². The van der Waals surface area contributed by atoms with Gasteiger partial charge in [0.05, 0.1) is 6.21 Å². The molecule has 0 radical (unpaired) electrons. The van der Waals surface area contributed by atoms with Gasteiger partial charge in [0, 0.05) is 10.0 Å². The number of phenols is 1. The van der Waals surface area contributed by atoms with Gasteiger partial charge in [0.1, 0.15) is 18.4 Å². The van der Waals surface area contributed by atoms with Gasteiger partial charge in [-0.2, -0.15) is 5.10 Å². The van der Waals surface area contributed by atoms with E-state index in [0.29, 0.717) is 5.56 Å². The molecule has 6 heteroatoms. The van der Waals surface area contributed by atoms with E-state index in [0.717, 1.165) is 4.47 Å². The van der Waals surface area contributed by atoms with Crippen LogP contribution >= 0.6 is 15.9 Å². The molecule has 1 aromatic heterocycles. The predicted octanol–water partition coefficient (Wildman–Crippen LogP) is 1.63. The van der Waals surface area contributed by atoms with Crippen molar-refractivity contribution in [2.75, 3.05) is 0 Å². The summed E-state index contributed by atoms with van der Waals surface area (Å²) in [5, 5.41) is 17.3. The number of rotatable bonds is 2. The van der Waals surface area contributed by atoms with Crippen LogP contribution in [0.25, 0.3) is 0 Å². The molecule has 0 aliphatic rings. The van der Waals surface area contributed by atoms with Gasteiger partial charge in [-0.25, -0.2) is 4.98 Å². The van der Waals surface area contributed by atoms with Crippen molar-refractivity contribution in [3.8, 4) is 5.75 Å². The maximum absolute atomic E-state index is 9.51. The molecule has 0 aliphatic heterocycles. The molecule has 0 amide bonds. The molecule has 76 valence electrons. The molecule has 0 unspecified atom stereocenters. The number of benzene rings is 1. The minimum absolute atomic E-state index is 0.169. The van der Waals surface area contributed by atoms with Gasteiger partial charge in [-0.05, 0) is 18.2 Å². The molecule has 2 rings (SSSR count). The Morgan fingerprint density at radius 1 is 1.47 bits per heavy atom. The van der Waals surface area contributed by atoms with E-state index in [2.05, 4.69) is 31.1 Å². The fourth-order valence-electron chi connectivity index (χ4n) is 1.01. The van der Waals surface area contributed by atoms with Gasteiger partial charge in [0.2, 0.25) is 0 Å². The summed E-state index contributed by atoms with van der Waals surface area (Å²) in [7, 11) is 0. The van der Waals surface area contributed by atoms with Gasteiger partial charge in [-0.3, -0.25) is 0 Å². The number of nitrogens with zero attached hydrogens (tertiary/aromatic N) is 4. The highest BCUT2D eigenvalue weighted by Gasteiger charge is 1.98. The lowest BCUT2D eigenvalue weighted by Gasteiger charge is -1.98. The first-order chi connectivity index (χ1) is 7.25. The summed E-state index contributed by atoms with van der Waals surface area (Å²) in [5.74, 6) is 0.169. The standard InChI is InChI=1S/C9H7BrN4O/c10-8-1-2-9(15)7(3-8)4-12-14-6-11-5-13-14/h1-6,15H/b12-4+. The van der Waals surface area contributed by atoms with Gasteiger partial charge >= 0.3 is 0 Å². The van der Waals surface area contributed by atoms with E-state index in [1.807, 2.05) is 0 Å². The zero-order valence-electron chi connectivity index (χ0n) is 7.58. The lowest BCUT2D eigenvalue weighted by Crippen LogP contribution is -1.91. The first-order valence-corrected chi connectivity index (χ1v) is 4.92. The highest BCUT2D eigenvalue weighted by atomic mass is 79.9. The van der Waals surface area contributed by atoms with Gasteiger partial charge in [0.25, 0.3) is 0 Å². The number of aromatic hydroxyl groups is 1. The fraction of sp³-hybridized carbons (Fsp3) is 0. The Morgan fingerprint density at radius 3 is 3.07 bits per heavy atom. The molecule has 5 nitrogen and oxygen atoms in total. The van der Waals surface area contributed by atoms with Crippen LogP contribution in [0, 0.1) is 0 Å². The molecule has 0 saturated carbocycles. The predicted molar refractivity (Wildman–Crippen MR) is 58.8 cm³/mol. The molecule has 1 heterocycles. The summed E-state index contributed by atoms with van der Waals surface area (Å²) in [6.45, 7) is 0. The first-order valence-electron chi connectivity index (χ1n) is 4.13. The maximum atomic E-state index is 9.51. The Labute approximate surface area is 94.2 Å². The molecule has 0 spiro atoms. The molecule has 1 aromatic carbocycles. The summed E-state index contributed by atoms with van der Waals surface area (Å²) >= 11 is 3.31. The minimum atomic E-state index is 0.169. The topological polar surface area (TPSA) is 63.3 Å². The van der Waals surface area contributed by atoms with Crippen LogP contribution in [-0.2, 0) is 0 Å². The quantitative estimate of drug-likeness (QED) is 0.841. The molecule has 0 atom stereocenters. The average Bonchev–Trinajstić information content (AvgIpc) is 2.72. The highest BCUT2D eigenvalue weighted by Crippen LogP contribution is 2.19. The van der Waals surface area contributed by atoms with Crippen LogP contribution in [0.2, 0.25) is 0 Å². The zero-order valence-corrected chi connectivity index (χ0v) is 9.16. The van der Waals surface area contributed by atoms with Crippen LogP contribution in [0.5, 0.6) is 5.75 Å². The highest BCUT2D eigenvalue weighted by molar-refractivity contribution is 9.10. The third kappa shape index (κ3) is 2.41. The number of hydrogen-bond donors (Lipinski definition) is 1. The molecule has 2 aromatic rings. The van der Waals surface area contributed by atoms with Gasteiger partial charge in [-0.1, -0.05) is 15.9 Å². The molecule has 1 N–H and O–H groups in total. The SMILES string of the molecule is Oc1ccc(Br)cc1/C=N/n1cncn1. The Kier molecular flexibility index (Phi) is 2.77. The van der Waals surface area contributed by atoms with E-state index in [-0.39, 0.29) is 5.75 Å². The number of halogens is 1. The van der Waals surface area contributed by atoms with Crippen LogP contribution in [0.3, 0.4) is 0 Å². The second-order valence-electron chi connectivity index (χ2n) is 2.76. The van der Waals surface area contributed by atoms with Crippen molar-refractivity contribution in [2.45, 2.75) is 0 Å². The molecule has 0 aliphatic carbocycles. The minimum Gasteiger partial charge on any atom is -0.507 e. The first kappa shape index (κ1) is 9.85.